The molecule has 10 rings (SSSR count). The maximum atomic E-state index is 15.3. The quantitative estimate of drug-likeness (QED) is 0.162. The Morgan fingerprint density at radius 2 is 1.07 bits per heavy atom. The fourth-order valence-electron chi connectivity index (χ4n) is 8.20. The van der Waals surface area contributed by atoms with Crippen molar-refractivity contribution < 1.29 is 9.59 Å². The first-order valence-corrected chi connectivity index (χ1v) is 18.4. The zero-order valence-corrected chi connectivity index (χ0v) is 30.0. The summed E-state index contributed by atoms with van der Waals surface area (Å²) < 4.78 is 2.14. The smallest absolute Gasteiger partial charge is 0.268 e. The van der Waals surface area contributed by atoms with Crippen LogP contribution in [-0.4, -0.2) is 21.4 Å². The fourth-order valence-corrected chi connectivity index (χ4v) is 8.20. The van der Waals surface area contributed by atoms with Crippen LogP contribution in [-0.2, 0) is 0 Å². The van der Waals surface area contributed by atoms with Crippen molar-refractivity contribution in [3.8, 4) is 50.2 Å². The van der Waals surface area contributed by atoms with E-state index in [4.69, 9.17) is 0 Å². The summed E-state index contributed by atoms with van der Waals surface area (Å²) in [7, 11) is 0. The number of fused-ring (bicyclic) bond motifs is 4. The number of benzene rings is 7. The number of aryl methyl sites for hydroxylation is 1. The van der Waals surface area contributed by atoms with E-state index in [1.165, 1.54) is 4.90 Å². The van der Waals surface area contributed by atoms with Crippen LogP contribution in [0.4, 0.5) is 5.69 Å². The molecule has 0 unspecified atom stereocenters. The van der Waals surface area contributed by atoms with Gasteiger partial charge in [0.05, 0.1) is 33.5 Å². The molecule has 3 heterocycles. The van der Waals surface area contributed by atoms with Crippen molar-refractivity contribution in [1.82, 2.24) is 9.55 Å². The molecule has 2 aromatic heterocycles. The van der Waals surface area contributed by atoms with Crippen molar-refractivity contribution in [3.63, 3.8) is 0 Å². The lowest BCUT2D eigenvalue weighted by Gasteiger charge is -2.24. The van der Waals surface area contributed by atoms with Gasteiger partial charge in [0.15, 0.2) is 0 Å². The number of hydrogen-bond acceptors (Lipinski definition) is 3. The molecular formula is C50H33N3O2. The molecule has 55 heavy (non-hydrogen) atoms. The molecule has 0 N–H and O–H groups in total. The maximum Gasteiger partial charge on any atom is 0.268 e. The number of imide groups is 1. The zero-order valence-electron chi connectivity index (χ0n) is 30.0. The number of nitrogens with zero attached hydrogens (tertiary/aromatic N) is 3. The summed E-state index contributed by atoms with van der Waals surface area (Å²) >= 11 is 0. The van der Waals surface area contributed by atoms with Crippen molar-refractivity contribution in [2.45, 2.75) is 6.92 Å². The highest BCUT2D eigenvalue weighted by atomic mass is 16.2. The first-order valence-electron chi connectivity index (χ1n) is 18.4. The Hall–Kier alpha value is -7.37. The fraction of sp³-hybridized carbons (Fsp3) is 0.0200. The van der Waals surface area contributed by atoms with Gasteiger partial charge in [-0.05, 0) is 94.4 Å². The summed E-state index contributed by atoms with van der Waals surface area (Å²) in [5.74, 6) is -0.702. The van der Waals surface area contributed by atoms with E-state index in [1.54, 1.807) is 6.07 Å². The molecule has 1 aliphatic rings. The zero-order chi connectivity index (χ0) is 37.0. The number of amides is 2. The minimum absolute atomic E-state index is 0.347. The van der Waals surface area contributed by atoms with E-state index in [-0.39, 0.29) is 11.8 Å². The Balaban J connectivity index is 1.21. The van der Waals surface area contributed by atoms with Gasteiger partial charge in [-0.3, -0.25) is 14.6 Å². The van der Waals surface area contributed by atoms with Gasteiger partial charge in [0, 0.05) is 34.3 Å². The number of carbonyl (C=O) groups is 2. The molecule has 0 bridgehead atoms. The van der Waals surface area contributed by atoms with Crippen LogP contribution < -0.4 is 4.90 Å². The van der Waals surface area contributed by atoms with Gasteiger partial charge in [-0.1, -0.05) is 121 Å². The van der Waals surface area contributed by atoms with Gasteiger partial charge in [-0.2, -0.15) is 0 Å². The molecule has 2 amide bonds. The predicted molar refractivity (Wildman–Crippen MR) is 223 cm³/mol. The minimum atomic E-state index is -0.354. The van der Waals surface area contributed by atoms with Gasteiger partial charge in [0.1, 0.15) is 0 Å². The van der Waals surface area contributed by atoms with Crippen molar-refractivity contribution in [1.29, 1.82) is 0 Å². The normalized spacial score (nSPS) is 12.5. The topological polar surface area (TPSA) is 55.2 Å². The number of pyridine rings is 1. The van der Waals surface area contributed by atoms with Gasteiger partial charge in [-0.25, -0.2) is 4.90 Å². The van der Waals surface area contributed by atoms with Crippen molar-refractivity contribution in [2.75, 3.05) is 4.90 Å². The highest BCUT2D eigenvalue weighted by Crippen LogP contribution is 2.47. The van der Waals surface area contributed by atoms with E-state index in [9.17, 15) is 4.79 Å². The second kappa shape index (κ2) is 12.9. The summed E-state index contributed by atoms with van der Waals surface area (Å²) in [5.41, 5.74) is 12.6. The monoisotopic (exact) mass is 707 g/mol. The molecule has 5 heteroatoms. The van der Waals surface area contributed by atoms with Crippen LogP contribution in [0.5, 0.6) is 0 Å². The number of hydrogen-bond donors (Lipinski definition) is 0. The van der Waals surface area contributed by atoms with Gasteiger partial charge >= 0.3 is 0 Å². The van der Waals surface area contributed by atoms with Gasteiger partial charge in [0.25, 0.3) is 11.8 Å². The number of carbonyl (C=O) groups excluding carboxylic acids is 2. The molecular weight excluding hydrogens is 675 g/mol. The lowest BCUT2D eigenvalue weighted by molar-refractivity contribution is 0.0926. The first kappa shape index (κ1) is 32.3. The molecule has 260 valence electrons. The predicted octanol–water partition coefficient (Wildman–Crippen LogP) is 12.0. The third kappa shape index (κ3) is 5.20. The van der Waals surface area contributed by atoms with E-state index in [2.05, 4.69) is 71.1 Å². The number of aromatic nitrogens is 2. The van der Waals surface area contributed by atoms with Gasteiger partial charge in [0.2, 0.25) is 0 Å². The lowest BCUT2D eigenvalue weighted by atomic mass is 9.90. The maximum absolute atomic E-state index is 15.3. The van der Waals surface area contributed by atoms with Crippen LogP contribution in [0.2, 0.25) is 0 Å². The molecule has 0 radical (unpaired) electrons. The van der Waals surface area contributed by atoms with Crippen molar-refractivity contribution >= 4 is 39.3 Å². The van der Waals surface area contributed by atoms with Gasteiger partial charge < -0.3 is 4.57 Å². The standard InChI is InChI=1S/C50H33N3O2/c1-32-31-51-27-26-38(32)36-24-25-45-43(28-36)39-20-11-12-22-44(39)52(45)46-23-13-21-40-47(46)50(55)53(49(40)54)48-41(34-16-7-3-8-17-34)29-37(33-14-5-2-6-15-33)30-42(48)35-18-9-4-10-19-35/h2-31H,1H3. The van der Waals surface area contributed by atoms with Crippen LogP contribution in [0.15, 0.2) is 182 Å². The number of anilines is 1. The van der Waals surface area contributed by atoms with Crippen molar-refractivity contribution in [3.05, 3.63) is 199 Å². The third-order valence-corrected chi connectivity index (χ3v) is 10.7. The average molecular weight is 708 g/mol. The SMILES string of the molecule is Cc1cnccc1-c1ccc2c(c1)c1ccccc1n2-c1cccc2c1C(=O)N(c1c(-c3ccccc3)cc(-c3ccccc3)cc1-c1ccccc1)C2=O. The van der Waals surface area contributed by atoms with Crippen LogP contribution in [0.1, 0.15) is 26.3 Å². The Bertz CT molecular complexity index is 2910. The second-order valence-corrected chi connectivity index (χ2v) is 13.9. The largest absolute Gasteiger partial charge is 0.308 e. The van der Waals surface area contributed by atoms with Crippen LogP contribution in [0, 0.1) is 6.92 Å². The molecule has 7 aromatic carbocycles. The van der Waals surface area contributed by atoms with E-state index in [1.807, 2.05) is 122 Å². The molecule has 0 fully saturated rings. The van der Waals surface area contributed by atoms with E-state index < -0.39 is 0 Å². The Kier molecular flexibility index (Phi) is 7.60. The lowest BCUT2D eigenvalue weighted by Crippen LogP contribution is -2.30. The van der Waals surface area contributed by atoms with Crippen LogP contribution in [0.3, 0.4) is 0 Å². The van der Waals surface area contributed by atoms with E-state index >= 15 is 4.79 Å². The Morgan fingerprint density at radius 1 is 0.455 bits per heavy atom. The number of rotatable bonds is 6. The molecule has 0 atom stereocenters. The molecule has 0 aliphatic carbocycles. The summed E-state index contributed by atoms with van der Waals surface area (Å²) in [4.78, 5) is 35.9. The average Bonchev–Trinajstić information content (AvgIpc) is 3.71. The second-order valence-electron chi connectivity index (χ2n) is 13.9. The first-order chi connectivity index (χ1) is 27.1. The summed E-state index contributed by atoms with van der Waals surface area (Å²) in [6.07, 6.45) is 3.70. The molecule has 0 saturated heterocycles. The molecule has 5 nitrogen and oxygen atoms in total. The number of para-hydroxylation sites is 1. The Morgan fingerprint density at radius 3 is 1.75 bits per heavy atom. The van der Waals surface area contributed by atoms with Crippen LogP contribution >= 0.6 is 0 Å². The van der Waals surface area contributed by atoms with Gasteiger partial charge in [-0.15, -0.1) is 0 Å². The molecule has 9 aromatic rings. The van der Waals surface area contributed by atoms with E-state index in [0.717, 1.165) is 71.9 Å². The third-order valence-electron chi connectivity index (χ3n) is 10.7. The molecule has 0 spiro atoms. The minimum Gasteiger partial charge on any atom is -0.308 e. The molecule has 1 aliphatic heterocycles. The van der Waals surface area contributed by atoms with E-state index in [0.29, 0.717) is 22.5 Å². The van der Waals surface area contributed by atoms with Crippen LogP contribution in [0.25, 0.3) is 72.0 Å². The molecule has 0 saturated carbocycles. The highest BCUT2D eigenvalue weighted by molar-refractivity contribution is 6.37. The highest BCUT2D eigenvalue weighted by Gasteiger charge is 2.41. The summed E-state index contributed by atoms with van der Waals surface area (Å²) in [6.45, 7) is 2.07. The summed E-state index contributed by atoms with van der Waals surface area (Å²) in [6, 6.07) is 56.8. The Labute approximate surface area is 318 Å². The summed E-state index contributed by atoms with van der Waals surface area (Å²) in [5, 5.41) is 2.12. The van der Waals surface area contributed by atoms with Crippen molar-refractivity contribution in [2.24, 2.45) is 0 Å².